The third kappa shape index (κ3) is 3.23. The summed E-state index contributed by atoms with van der Waals surface area (Å²) >= 11 is 0. The Bertz CT molecular complexity index is 488. The molecule has 0 atom stereocenters. The highest BCUT2D eigenvalue weighted by Crippen LogP contribution is 2.05. The van der Waals surface area contributed by atoms with E-state index in [1.54, 1.807) is 6.07 Å². The predicted molar refractivity (Wildman–Crippen MR) is 67.3 cm³/mol. The lowest BCUT2D eigenvalue weighted by molar-refractivity contribution is 0.0943. The minimum atomic E-state index is -0.187. The van der Waals surface area contributed by atoms with Gasteiger partial charge in [-0.2, -0.15) is 0 Å². The summed E-state index contributed by atoms with van der Waals surface area (Å²) in [7, 11) is 0. The van der Waals surface area contributed by atoms with E-state index in [-0.39, 0.29) is 5.91 Å². The standard InChI is InChI=1S/C13H17N3O2/c1-2-5-11-10-12(15-18-11)13(17)14-6-9-16-7-3-4-8-16/h3-4,7-8,10H,2,5-6,9H2,1H3,(H,14,17). The third-order valence-corrected chi connectivity index (χ3v) is 2.61. The summed E-state index contributed by atoms with van der Waals surface area (Å²) in [5.74, 6) is 0.571. The largest absolute Gasteiger partial charge is 0.361 e. The number of amides is 1. The van der Waals surface area contributed by atoms with Crippen molar-refractivity contribution in [3.8, 4) is 0 Å². The van der Waals surface area contributed by atoms with Crippen molar-refractivity contribution in [1.29, 1.82) is 0 Å². The van der Waals surface area contributed by atoms with Gasteiger partial charge in [0.25, 0.3) is 5.91 Å². The van der Waals surface area contributed by atoms with E-state index in [0.29, 0.717) is 12.2 Å². The van der Waals surface area contributed by atoms with Gasteiger partial charge >= 0.3 is 0 Å². The minimum absolute atomic E-state index is 0.187. The molecule has 1 amide bonds. The smallest absolute Gasteiger partial charge is 0.273 e. The molecule has 96 valence electrons. The molecular weight excluding hydrogens is 230 g/mol. The molecule has 0 saturated carbocycles. The third-order valence-electron chi connectivity index (χ3n) is 2.61. The van der Waals surface area contributed by atoms with E-state index in [0.717, 1.165) is 25.1 Å². The predicted octanol–water partition coefficient (Wildman–Crippen LogP) is 1.86. The van der Waals surface area contributed by atoms with Crippen LogP contribution in [0.15, 0.2) is 35.1 Å². The normalized spacial score (nSPS) is 10.5. The molecule has 0 aliphatic rings. The van der Waals surface area contributed by atoms with Gasteiger partial charge in [0.15, 0.2) is 5.69 Å². The van der Waals surface area contributed by atoms with Crippen LogP contribution in [0.3, 0.4) is 0 Å². The topological polar surface area (TPSA) is 60.1 Å². The summed E-state index contributed by atoms with van der Waals surface area (Å²) in [6.45, 7) is 3.38. The molecule has 2 aromatic rings. The van der Waals surface area contributed by atoms with Gasteiger partial charge in [-0.05, 0) is 18.6 Å². The van der Waals surface area contributed by atoms with Crippen LogP contribution in [0.4, 0.5) is 0 Å². The van der Waals surface area contributed by atoms with Crippen LogP contribution in [0.5, 0.6) is 0 Å². The molecule has 18 heavy (non-hydrogen) atoms. The zero-order valence-electron chi connectivity index (χ0n) is 10.4. The lowest BCUT2D eigenvalue weighted by atomic mass is 10.2. The number of hydrogen-bond donors (Lipinski definition) is 1. The fraction of sp³-hybridized carbons (Fsp3) is 0.385. The summed E-state index contributed by atoms with van der Waals surface area (Å²) < 4.78 is 7.07. The van der Waals surface area contributed by atoms with Gasteiger partial charge in [0.05, 0.1) is 0 Å². The number of carbonyl (C=O) groups is 1. The van der Waals surface area contributed by atoms with E-state index in [9.17, 15) is 4.79 Å². The quantitative estimate of drug-likeness (QED) is 0.847. The van der Waals surface area contributed by atoms with Gasteiger partial charge < -0.3 is 14.4 Å². The van der Waals surface area contributed by atoms with Gasteiger partial charge in [-0.1, -0.05) is 12.1 Å². The lowest BCUT2D eigenvalue weighted by Crippen LogP contribution is -2.27. The molecule has 5 heteroatoms. The van der Waals surface area contributed by atoms with Crippen molar-refractivity contribution in [2.75, 3.05) is 6.54 Å². The fourth-order valence-corrected chi connectivity index (χ4v) is 1.69. The lowest BCUT2D eigenvalue weighted by Gasteiger charge is -2.03. The Morgan fingerprint density at radius 1 is 1.44 bits per heavy atom. The maximum Gasteiger partial charge on any atom is 0.273 e. The van der Waals surface area contributed by atoms with E-state index in [4.69, 9.17) is 4.52 Å². The van der Waals surface area contributed by atoms with Crippen LogP contribution < -0.4 is 5.32 Å². The van der Waals surface area contributed by atoms with Crippen LogP contribution in [0.2, 0.25) is 0 Å². The van der Waals surface area contributed by atoms with Gasteiger partial charge in [-0.3, -0.25) is 4.79 Å². The van der Waals surface area contributed by atoms with Crippen LogP contribution >= 0.6 is 0 Å². The van der Waals surface area contributed by atoms with Gasteiger partial charge in [0.1, 0.15) is 5.76 Å². The highest BCUT2D eigenvalue weighted by Gasteiger charge is 2.11. The highest BCUT2D eigenvalue weighted by molar-refractivity contribution is 5.92. The average Bonchev–Trinajstić information content (AvgIpc) is 3.00. The number of nitrogens with zero attached hydrogens (tertiary/aromatic N) is 2. The number of nitrogens with one attached hydrogen (secondary N) is 1. The molecule has 2 heterocycles. The highest BCUT2D eigenvalue weighted by atomic mass is 16.5. The van der Waals surface area contributed by atoms with Crippen molar-refractivity contribution in [2.45, 2.75) is 26.3 Å². The first-order valence-corrected chi connectivity index (χ1v) is 6.14. The van der Waals surface area contributed by atoms with Crippen molar-refractivity contribution in [3.63, 3.8) is 0 Å². The molecule has 0 aromatic carbocycles. The maximum absolute atomic E-state index is 11.7. The number of hydrogen-bond acceptors (Lipinski definition) is 3. The monoisotopic (exact) mass is 247 g/mol. The molecule has 0 spiro atoms. The summed E-state index contributed by atoms with van der Waals surface area (Å²) in [6, 6.07) is 5.61. The minimum Gasteiger partial charge on any atom is -0.361 e. The number of carbonyl (C=O) groups excluding carboxylic acids is 1. The van der Waals surface area contributed by atoms with Crippen LogP contribution in [0.25, 0.3) is 0 Å². The molecule has 0 aliphatic carbocycles. The molecule has 0 unspecified atom stereocenters. The number of aromatic nitrogens is 2. The first-order chi connectivity index (χ1) is 8.79. The molecule has 2 aromatic heterocycles. The van der Waals surface area contributed by atoms with E-state index >= 15 is 0 Å². The molecule has 0 bridgehead atoms. The Hall–Kier alpha value is -2.04. The van der Waals surface area contributed by atoms with Gasteiger partial charge in [-0.15, -0.1) is 0 Å². The molecule has 1 N–H and O–H groups in total. The Morgan fingerprint density at radius 3 is 2.94 bits per heavy atom. The summed E-state index contributed by atoms with van der Waals surface area (Å²) in [5, 5.41) is 6.57. The molecule has 5 nitrogen and oxygen atoms in total. The van der Waals surface area contributed by atoms with Crippen molar-refractivity contribution in [3.05, 3.63) is 42.0 Å². The second kappa shape index (κ2) is 6.05. The molecule has 0 saturated heterocycles. The Labute approximate surface area is 106 Å². The van der Waals surface area contributed by atoms with Gasteiger partial charge in [0.2, 0.25) is 0 Å². The molecular formula is C13H17N3O2. The summed E-state index contributed by atoms with van der Waals surface area (Å²) in [6.07, 6.45) is 5.71. The van der Waals surface area contributed by atoms with Crippen molar-refractivity contribution in [1.82, 2.24) is 15.0 Å². The zero-order valence-corrected chi connectivity index (χ0v) is 10.4. The van der Waals surface area contributed by atoms with E-state index in [1.165, 1.54) is 0 Å². The zero-order chi connectivity index (χ0) is 12.8. The molecule has 2 rings (SSSR count). The summed E-state index contributed by atoms with van der Waals surface area (Å²) in [4.78, 5) is 11.7. The first kappa shape index (κ1) is 12.4. The molecule has 0 fully saturated rings. The van der Waals surface area contributed by atoms with Crippen LogP contribution in [-0.2, 0) is 13.0 Å². The van der Waals surface area contributed by atoms with Gasteiger partial charge in [-0.25, -0.2) is 0 Å². The maximum atomic E-state index is 11.7. The second-order valence-corrected chi connectivity index (χ2v) is 4.11. The van der Waals surface area contributed by atoms with Gasteiger partial charge in [0, 0.05) is 38.0 Å². The SMILES string of the molecule is CCCc1cc(C(=O)NCCn2cccc2)no1. The van der Waals surface area contributed by atoms with E-state index in [1.807, 2.05) is 29.1 Å². The fourth-order valence-electron chi connectivity index (χ4n) is 1.69. The van der Waals surface area contributed by atoms with Crippen LogP contribution in [0, 0.1) is 0 Å². The van der Waals surface area contributed by atoms with Crippen LogP contribution in [-0.4, -0.2) is 22.2 Å². The van der Waals surface area contributed by atoms with Crippen molar-refractivity contribution >= 4 is 5.91 Å². The van der Waals surface area contributed by atoms with E-state index < -0.39 is 0 Å². The Kier molecular flexibility index (Phi) is 4.17. The second-order valence-electron chi connectivity index (χ2n) is 4.11. The number of rotatable bonds is 6. The first-order valence-electron chi connectivity index (χ1n) is 6.14. The van der Waals surface area contributed by atoms with Crippen molar-refractivity contribution in [2.24, 2.45) is 0 Å². The average molecular weight is 247 g/mol. The molecule has 0 aliphatic heterocycles. The summed E-state index contributed by atoms with van der Waals surface area (Å²) in [5.41, 5.74) is 0.353. The molecule has 0 radical (unpaired) electrons. The Morgan fingerprint density at radius 2 is 2.22 bits per heavy atom. The van der Waals surface area contributed by atoms with Crippen LogP contribution in [0.1, 0.15) is 29.6 Å². The van der Waals surface area contributed by atoms with E-state index in [2.05, 4.69) is 17.4 Å². The van der Waals surface area contributed by atoms with Crippen molar-refractivity contribution < 1.29 is 9.32 Å². The Balaban J connectivity index is 1.80. The number of aryl methyl sites for hydroxylation is 1.